The highest BCUT2D eigenvalue weighted by Gasteiger charge is 2.36. The van der Waals surface area contributed by atoms with Crippen LogP contribution in [0.4, 0.5) is 13.2 Å². The first-order chi connectivity index (χ1) is 11.8. The second kappa shape index (κ2) is 6.82. The van der Waals surface area contributed by atoms with E-state index in [-0.39, 0.29) is 18.4 Å². The Bertz CT molecular complexity index is 672. The van der Waals surface area contributed by atoms with Crippen LogP contribution < -0.4 is 0 Å². The number of piperidine rings is 1. The number of aliphatic imine (C=N–C) groups is 1. The molecule has 0 bridgehead atoms. The second-order valence-corrected chi connectivity index (χ2v) is 6.89. The fourth-order valence-corrected chi connectivity index (χ4v) is 3.43. The van der Waals surface area contributed by atoms with Crippen LogP contribution in [0.25, 0.3) is 0 Å². The molecule has 2 aliphatic rings. The fraction of sp³-hybridized carbons (Fsp3) is 0.647. The van der Waals surface area contributed by atoms with Gasteiger partial charge >= 0.3 is 6.18 Å². The smallest absolute Gasteiger partial charge is 0.396 e. The number of alkyl halides is 3. The van der Waals surface area contributed by atoms with Crippen molar-refractivity contribution < 1.29 is 18.3 Å². The maximum atomic E-state index is 12.9. The lowest BCUT2D eigenvalue weighted by atomic mass is 9.91. The van der Waals surface area contributed by atoms with Gasteiger partial charge in [-0.3, -0.25) is 0 Å². The number of hydrogen-bond donors (Lipinski definition) is 1. The zero-order chi connectivity index (χ0) is 18.2. The number of rotatable bonds is 3. The number of aryl methyl sites for hydroxylation is 1. The molecule has 0 aromatic carbocycles. The second-order valence-electron chi connectivity index (χ2n) is 6.89. The standard InChI is InChI=1S/C17H23F3N4O/c1-11-7-15(24-5-3-12(10-25)4-6-24)21-8-13(11)16-22-14(9-23(16)2)17(18,19)20/h7-9,11-13,25H,3-6,10H2,1-2H3. The molecular weight excluding hydrogens is 333 g/mol. The minimum atomic E-state index is -4.44. The Balaban J connectivity index is 1.73. The third kappa shape index (κ3) is 3.73. The van der Waals surface area contributed by atoms with Crippen LogP contribution in [0.1, 0.15) is 37.2 Å². The number of halogens is 3. The molecule has 0 spiro atoms. The quantitative estimate of drug-likeness (QED) is 0.906. The topological polar surface area (TPSA) is 53.6 Å². The molecule has 138 valence electrons. The summed E-state index contributed by atoms with van der Waals surface area (Å²) in [5.41, 5.74) is -0.869. The Kier molecular flexibility index (Phi) is 4.90. The van der Waals surface area contributed by atoms with E-state index in [1.807, 2.05) is 13.0 Å². The van der Waals surface area contributed by atoms with Crippen molar-refractivity contribution in [1.29, 1.82) is 0 Å². The highest BCUT2D eigenvalue weighted by Crippen LogP contribution is 2.34. The molecule has 2 atom stereocenters. The van der Waals surface area contributed by atoms with Crippen LogP contribution in [0, 0.1) is 11.8 Å². The predicted octanol–water partition coefficient (Wildman–Crippen LogP) is 2.79. The largest absolute Gasteiger partial charge is 0.434 e. The van der Waals surface area contributed by atoms with Crippen molar-refractivity contribution in [3.05, 3.63) is 29.6 Å². The highest BCUT2D eigenvalue weighted by atomic mass is 19.4. The summed E-state index contributed by atoms with van der Waals surface area (Å²) in [6.07, 6.45) is 2.15. The summed E-state index contributed by atoms with van der Waals surface area (Å²) in [7, 11) is 1.58. The average molecular weight is 356 g/mol. The van der Waals surface area contributed by atoms with E-state index in [1.165, 1.54) is 4.57 Å². The van der Waals surface area contributed by atoms with Gasteiger partial charge in [0, 0.05) is 39.2 Å². The lowest BCUT2D eigenvalue weighted by Gasteiger charge is -2.35. The van der Waals surface area contributed by atoms with E-state index in [9.17, 15) is 18.3 Å². The summed E-state index contributed by atoms with van der Waals surface area (Å²) in [6.45, 7) is 3.87. The lowest BCUT2D eigenvalue weighted by Crippen LogP contribution is -2.35. The monoisotopic (exact) mass is 356 g/mol. The highest BCUT2D eigenvalue weighted by molar-refractivity contribution is 5.70. The molecule has 2 unspecified atom stereocenters. The molecule has 2 aliphatic heterocycles. The molecule has 5 nitrogen and oxygen atoms in total. The van der Waals surface area contributed by atoms with E-state index < -0.39 is 11.9 Å². The van der Waals surface area contributed by atoms with Gasteiger partial charge in [0.25, 0.3) is 0 Å². The number of aliphatic hydroxyl groups is 1. The molecule has 0 amide bonds. The molecular formula is C17H23F3N4O. The molecule has 1 aromatic rings. The van der Waals surface area contributed by atoms with Gasteiger partial charge in [-0.15, -0.1) is 0 Å². The Morgan fingerprint density at radius 3 is 2.48 bits per heavy atom. The van der Waals surface area contributed by atoms with Crippen molar-refractivity contribution in [2.75, 3.05) is 19.7 Å². The number of likely N-dealkylation sites (tertiary alicyclic amines) is 1. The molecule has 3 heterocycles. The van der Waals surface area contributed by atoms with E-state index in [2.05, 4.69) is 14.9 Å². The number of aliphatic hydroxyl groups excluding tert-OH is 1. The number of imidazole rings is 1. The van der Waals surface area contributed by atoms with Gasteiger partial charge in [-0.1, -0.05) is 6.92 Å². The zero-order valence-electron chi connectivity index (χ0n) is 14.4. The van der Waals surface area contributed by atoms with Crippen molar-refractivity contribution >= 4 is 6.21 Å². The summed E-state index contributed by atoms with van der Waals surface area (Å²) < 4.78 is 40.0. The number of hydrogen-bond acceptors (Lipinski definition) is 4. The summed E-state index contributed by atoms with van der Waals surface area (Å²) in [5, 5.41) is 9.22. The molecule has 25 heavy (non-hydrogen) atoms. The average Bonchev–Trinajstić information content (AvgIpc) is 2.97. The molecule has 1 N–H and O–H groups in total. The normalized spacial score (nSPS) is 25.4. The van der Waals surface area contributed by atoms with Gasteiger partial charge in [0.05, 0.1) is 5.92 Å². The minimum absolute atomic E-state index is 0.00486. The first kappa shape index (κ1) is 18.0. The fourth-order valence-electron chi connectivity index (χ4n) is 3.43. The van der Waals surface area contributed by atoms with Gasteiger partial charge in [-0.25, -0.2) is 9.98 Å². The van der Waals surface area contributed by atoms with Crippen LogP contribution in [0.3, 0.4) is 0 Å². The number of nitrogens with zero attached hydrogens (tertiary/aromatic N) is 4. The third-order valence-corrected chi connectivity index (χ3v) is 5.04. The van der Waals surface area contributed by atoms with Crippen LogP contribution in [-0.4, -0.2) is 45.5 Å². The van der Waals surface area contributed by atoms with Gasteiger partial charge in [-0.2, -0.15) is 13.2 Å². The molecule has 1 aromatic heterocycles. The predicted molar refractivity (Wildman–Crippen MR) is 88.1 cm³/mol. The summed E-state index contributed by atoms with van der Waals surface area (Å²) in [6, 6.07) is 0. The Morgan fingerprint density at radius 2 is 1.96 bits per heavy atom. The number of allylic oxidation sites excluding steroid dienone is 1. The third-order valence-electron chi connectivity index (χ3n) is 5.04. The summed E-state index contributed by atoms with van der Waals surface area (Å²) in [5.74, 6) is 1.32. The first-order valence-electron chi connectivity index (χ1n) is 8.52. The van der Waals surface area contributed by atoms with E-state index in [1.54, 1.807) is 13.3 Å². The van der Waals surface area contributed by atoms with E-state index in [4.69, 9.17) is 0 Å². The van der Waals surface area contributed by atoms with Crippen molar-refractivity contribution in [2.45, 2.75) is 31.9 Å². The van der Waals surface area contributed by atoms with Crippen LogP contribution in [0.5, 0.6) is 0 Å². The van der Waals surface area contributed by atoms with E-state index >= 15 is 0 Å². The van der Waals surface area contributed by atoms with Gasteiger partial charge in [0.15, 0.2) is 5.69 Å². The van der Waals surface area contributed by atoms with Crippen LogP contribution in [0.15, 0.2) is 23.1 Å². The summed E-state index contributed by atoms with van der Waals surface area (Å²) >= 11 is 0. The van der Waals surface area contributed by atoms with Gasteiger partial charge in [-0.05, 0) is 30.8 Å². The maximum Gasteiger partial charge on any atom is 0.434 e. The van der Waals surface area contributed by atoms with E-state index in [0.717, 1.165) is 37.9 Å². The van der Waals surface area contributed by atoms with Crippen molar-refractivity contribution in [1.82, 2.24) is 14.5 Å². The molecule has 8 heteroatoms. The van der Waals surface area contributed by atoms with Gasteiger partial charge in [0.2, 0.25) is 0 Å². The molecule has 0 radical (unpaired) electrons. The van der Waals surface area contributed by atoms with Crippen LogP contribution in [-0.2, 0) is 13.2 Å². The molecule has 0 saturated carbocycles. The van der Waals surface area contributed by atoms with Crippen molar-refractivity contribution in [3.63, 3.8) is 0 Å². The van der Waals surface area contributed by atoms with Crippen LogP contribution >= 0.6 is 0 Å². The van der Waals surface area contributed by atoms with Crippen molar-refractivity contribution in [2.24, 2.45) is 23.9 Å². The molecule has 1 saturated heterocycles. The molecule has 3 rings (SSSR count). The Labute approximate surface area is 144 Å². The SMILES string of the molecule is CC1C=C(N2CCC(CO)CC2)N=CC1c1nc(C(F)(F)F)cn1C. The summed E-state index contributed by atoms with van der Waals surface area (Å²) in [4.78, 5) is 10.5. The molecule has 0 aliphatic carbocycles. The molecule has 1 fully saturated rings. The van der Waals surface area contributed by atoms with E-state index in [0.29, 0.717) is 11.7 Å². The zero-order valence-corrected chi connectivity index (χ0v) is 14.4. The first-order valence-corrected chi connectivity index (χ1v) is 8.52. The van der Waals surface area contributed by atoms with Crippen LogP contribution in [0.2, 0.25) is 0 Å². The van der Waals surface area contributed by atoms with Crippen molar-refractivity contribution in [3.8, 4) is 0 Å². The Morgan fingerprint density at radius 1 is 1.28 bits per heavy atom. The number of aromatic nitrogens is 2. The van der Waals surface area contributed by atoms with Gasteiger partial charge < -0.3 is 14.6 Å². The minimum Gasteiger partial charge on any atom is -0.396 e. The maximum absolute atomic E-state index is 12.9. The van der Waals surface area contributed by atoms with Gasteiger partial charge in [0.1, 0.15) is 11.6 Å². The Hall–Kier alpha value is -1.83. The lowest BCUT2D eigenvalue weighted by molar-refractivity contribution is -0.141.